The van der Waals surface area contributed by atoms with Crippen molar-refractivity contribution >= 4 is 0 Å². The normalized spacial score (nSPS) is 23.0. The van der Waals surface area contributed by atoms with E-state index in [9.17, 15) is 0 Å². The van der Waals surface area contributed by atoms with Gasteiger partial charge in [-0.1, -0.05) is 27.2 Å². The number of imidazole rings is 1. The molecule has 0 radical (unpaired) electrons. The van der Waals surface area contributed by atoms with E-state index in [4.69, 9.17) is 0 Å². The summed E-state index contributed by atoms with van der Waals surface area (Å²) in [7, 11) is 0. The summed E-state index contributed by atoms with van der Waals surface area (Å²) >= 11 is 0. The van der Waals surface area contributed by atoms with E-state index in [0.717, 1.165) is 12.4 Å². The molecule has 1 unspecified atom stereocenters. The van der Waals surface area contributed by atoms with Crippen molar-refractivity contribution in [3.63, 3.8) is 0 Å². The summed E-state index contributed by atoms with van der Waals surface area (Å²) in [5.74, 6) is 1.11. The quantitative estimate of drug-likeness (QED) is 0.743. The lowest BCUT2D eigenvalue weighted by Crippen LogP contribution is -2.27. The highest BCUT2D eigenvalue weighted by Crippen LogP contribution is 2.24. The number of aromatic amines is 1. The van der Waals surface area contributed by atoms with Gasteiger partial charge in [0.2, 0.25) is 0 Å². The predicted octanol–water partition coefficient (Wildman–Crippen LogP) is 2.52. The first-order valence-corrected chi connectivity index (χ1v) is 5.86. The number of H-pyrrole nitrogens is 1. The summed E-state index contributed by atoms with van der Waals surface area (Å²) in [6.45, 7) is 7.74. The van der Waals surface area contributed by atoms with Crippen LogP contribution in [-0.4, -0.2) is 16.5 Å². The van der Waals surface area contributed by atoms with E-state index >= 15 is 0 Å². The first-order valence-electron chi connectivity index (χ1n) is 5.86. The van der Waals surface area contributed by atoms with Crippen molar-refractivity contribution in [2.75, 3.05) is 6.54 Å². The predicted molar refractivity (Wildman–Crippen MR) is 61.9 cm³/mol. The van der Waals surface area contributed by atoms with Crippen molar-refractivity contribution in [2.24, 2.45) is 0 Å². The van der Waals surface area contributed by atoms with E-state index in [1.165, 1.54) is 25.0 Å². The van der Waals surface area contributed by atoms with E-state index in [0.29, 0.717) is 6.04 Å². The lowest BCUT2D eigenvalue weighted by atomic mass is 9.93. The molecule has 1 aliphatic rings. The molecule has 3 nitrogen and oxygen atoms in total. The van der Waals surface area contributed by atoms with Gasteiger partial charge in [0, 0.05) is 17.3 Å². The maximum Gasteiger partial charge on any atom is 0.123 e. The van der Waals surface area contributed by atoms with Gasteiger partial charge < -0.3 is 10.3 Å². The fraction of sp³-hybridized carbons (Fsp3) is 0.750. The molecule has 0 aliphatic carbocycles. The van der Waals surface area contributed by atoms with Crippen molar-refractivity contribution < 1.29 is 0 Å². The molecule has 0 aromatic carbocycles. The Kier molecular flexibility index (Phi) is 2.83. The standard InChI is InChI=1S/C12H21N3/c1-12(2,3)10-8-14-11(15-10)9-6-4-5-7-13-9/h8-9,13H,4-7H2,1-3H3,(H,14,15). The van der Waals surface area contributed by atoms with Crippen molar-refractivity contribution in [1.82, 2.24) is 15.3 Å². The summed E-state index contributed by atoms with van der Waals surface area (Å²) < 4.78 is 0. The molecule has 1 fully saturated rings. The van der Waals surface area contributed by atoms with Crippen molar-refractivity contribution in [3.8, 4) is 0 Å². The Morgan fingerprint density at radius 2 is 2.13 bits per heavy atom. The van der Waals surface area contributed by atoms with Crippen molar-refractivity contribution in [1.29, 1.82) is 0 Å². The van der Waals surface area contributed by atoms with Gasteiger partial charge in [-0.25, -0.2) is 4.98 Å². The zero-order valence-electron chi connectivity index (χ0n) is 9.93. The number of hydrogen-bond acceptors (Lipinski definition) is 2. The van der Waals surface area contributed by atoms with E-state index in [1.54, 1.807) is 0 Å². The lowest BCUT2D eigenvalue weighted by molar-refractivity contribution is 0.398. The fourth-order valence-corrected chi connectivity index (χ4v) is 1.98. The second kappa shape index (κ2) is 3.97. The zero-order valence-corrected chi connectivity index (χ0v) is 9.93. The minimum absolute atomic E-state index is 0.167. The molecule has 0 spiro atoms. The largest absolute Gasteiger partial charge is 0.344 e. The van der Waals surface area contributed by atoms with Gasteiger partial charge in [0.25, 0.3) is 0 Å². The van der Waals surface area contributed by atoms with Crippen LogP contribution in [-0.2, 0) is 5.41 Å². The van der Waals surface area contributed by atoms with Crippen LogP contribution in [0.2, 0.25) is 0 Å². The third-order valence-electron chi connectivity index (χ3n) is 3.04. The number of nitrogens with zero attached hydrogens (tertiary/aromatic N) is 1. The highest BCUT2D eigenvalue weighted by atomic mass is 15.0. The highest BCUT2D eigenvalue weighted by molar-refractivity contribution is 5.13. The molecule has 1 aromatic rings. The summed E-state index contributed by atoms with van der Waals surface area (Å²) in [5.41, 5.74) is 1.39. The smallest absolute Gasteiger partial charge is 0.123 e. The first-order chi connectivity index (χ1) is 7.07. The molecule has 0 saturated carbocycles. The Bertz CT molecular complexity index is 316. The van der Waals surface area contributed by atoms with E-state index < -0.39 is 0 Å². The Balaban J connectivity index is 2.12. The van der Waals surface area contributed by atoms with Crippen molar-refractivity contribution in [2.45, 2.75) is 51.5 Å². The van der Waals surface area contributed by atoms with Crippen LogP contribution in [0.5, 0.6) is 0 Å². The summed E-state index contributed by atoms with van der Waals surface area (Å²) in [6.07, 6.45) is 5.79. The zero-order chi connectivity index (χ0) is 10.9. The molecular formula is C12H21N3. The van der Waals surface area contributed by atoms with Gasteiger partial charge >= 0.3 is 0 Å². The maximum atomic E-state index is 4.49. The Hall–Kier alpha value is -0.830. The molecule has 0 amide bonds. The van der Waals surface area contributed by atoms with Gasteiger partial charge in [-0.15, -0.1) is 0 Å². The van der Waals surface area contributed by atoms with Gasteiger partial charge in [-0.3, -0.25) is 0 Å². The molecule has 2 N–H and O–H groups in total. The van der Waals surface area contributed by atoms with Gasteiger partial charge in [0.15, 0.2) is 0 Å². The molecule has 1 saturated heterocycles. The Morgan fingerprint density at radius 1 is 1.33 bits per heavy atom. The summed E-state index contributed by atoms with van der Waals surface area (Å²) in [4.78, 5) is 7.94. The number of hydrogen-bond donors (Lipinski definition) is 2. The third-order valence-corrected chi connectivity index (χ3v) is 3.04. The number of piperidine rings is 1. The van der Waals surface area contributed by atoms with Gasteiger partial charge in [-0.2, -0.15) is 0 Å². The van der Waals surface area contributed by atoms with Gasteiger partial charge in [0.1, 0.15) is 5.82 Å². The number of aromatic nitrogens is 2. The molecule has 84 valence electrons. The maximum absolute atomic E-state index is 4.49. The van der Waals surface area contributed by atoms with E-state index in [-0.39, 0.29) is 5.41 Å². The van der Waals surface area contributed by atoms with E-state index in [1.807, 2.05) is 6.20 Å². The number of nitrogens with one attached hydrogen (secondary N) is 2. The summed E-state index contributed by atoms with van der Waals surface area (Å²) in [6, 6.07) is 0.440. The minimum atomic E-state index is 0.167. The van der Waals surface area contributed by atoms with Crippen LogP contribution in [0.1, 0.15) is 57.6 Å². The fourth-order valence-electron chi connectivity index (χ4n) is 1.98. The van der Waals surface area contributed by atoms with Crippen LogP contribution in [0.15, 0.2) is 6.20 Å². The molecule has 1 aromatic heterocycles. The molecule has 2 rings (SSSR count). The number of rotatable bonds is 1. The summed E-state index contributed by atoms with van der Waals surface area (Å²) in [5, 5.41) is 3.51. The topological polar surface area (TPSA) is 40.7 Å². The van der Waals surface area contributed by atoms with Crippen LogP contribution < -0.4 is 5.32 Å². The van der Waals surface area contributed by atoms with Crippen LogP contribution in [0, 0.1) is 0 Å². The van der Waals surface area contributed by atoms with Crippen LogP contribution >= 0.6 is 0 Å². The van der Waals surface area contributed by atoms with Gasteiger partial charge in [-0.05, 0) is 19.4 Å². The van der Waals surface area contributed by atoms with Crippen LogP contribution in [0.4, 0.5) is 0 Å². The van der Waals surface area contributed by atoms with Crippen LogP contribution in [0.25, 0.3) is 0 Å². The van der Waals surface area contributed by atoms with Gasteiger partial charge in [0.05, 0.1) is 6.04 Å². The van der Waals surface area contributed by atoms with E-state index in [2.05, 4.69) is 36.1 Å². The molecule has 1 atom stereocenters. The third kappa shape index (κ3) is 2.40. The second-order valence-corrected chi connectivity index (χ2v) is 5.43. The van der Waals surface area contributed by atoms with Crippen LogP contribution in [0.3, 0.4) is 0 Å². The average Bonchev–Trinajstić information content (AvgIpc) is 2.67. The molecule has 1 aliphatic heterocycles. The SMILES string of the molecule is CC(C)(C)c1cnc(C2CCCCN2)[nH]1. The van der Waals surface area contributed by atoms with Crippen molar-refractivity contribution in [3.05, 3.63) is 17.7 Å². The molecule has 15 heavy (non-hydrogen) atoms. The molecule has 2 heterocycles. The molecular weight excluding hydrogens is 186 g/mol. The lowest BCUT2D eigenvalue weighted by Gasteiger charge is -2.22. The first kappa shape index (κ1) is 10.7. The highest BCUT2D eigenvalue weighted by Gasteiger charge is 2.21. The monoisotopic (exact) mass is 207 g/mol. The average molecular weight is 207 g/mol. The molecule has 0 bridgehead atoms. The second-order valence-electron chi connectivity index (χ2n) is 5.43. The Labute approximate surface area is 91.7 Å². The Morgan fingerprint density at radius 3 is 2.67 bits per heavy atom. The molecule has 3 heteroatoms. The minimum Gasteiger partial charge on any atom is -0.344 e.